The normalized spacial score (nSPS) is 12.1. The Morgan fingerprint density at radius 1 is 0.828 bits per heavy atom. The Morgan fingerprint density at radius 3 is 1.79 bits per heavy atom. The summed E-state index contributed by atoms with van der Waals surface area (Å²) in [7, 11) is -7.69. The summed E-state index contributed by atoms with van der Waals surface area (Å²) < 4.78 is 47.7. The number of sulfone groups is 1. The third kappa shape index (κ3) is 5.23. The van der Waals surface area contributed by atoms with Gasteiger partial charge in [0.1, 0.15) is 0 Å². The number of benzene rings is 3. The van der Waals surface area contributed by atoms with Crippen molar-refractivity contribution in [1.29, 1.82) is 0 Å². The van der Waals surface area contributed by atoms with Crippen molar-refractivity contribution < 1.29 is 16.8 Å². The van der Waals surface area contributed by atoms with Crippen molar-refractivity contribution in [3.05, 3.63) is 90.0 Å². The van der Waals surface area contributed by atoms with Gasteiger partial charge in [0.25, 0.3) is 0 Å². The van der Waals surface area contributed by atoms with Gasteiger partial charge >= 0.3 is 0 Å². The zero-order valence-corrected chi connectivity index (χ0v) is 17.4. The summed E-state index contributed by atoms with van der Waals surface area (Å²) in [6.45, 7) is 0.422. The lowest BCUT2D eigenvalue weighted by Gasteiger charge is -2.21. The Hall–Kier alpha value is -2.68. The minimum Gasteiger partial charge on any atom is -0.383 e. The summed E-state index contributed by atoms with van der Waals surface area (Å²) in [5, 5.41) is 8.33. The van der Waals surface area contributed by atoms with Gasteiger partial charge in [-0.25, -0.2) is 22.0 Å². The highest BCUT2D eigenvalue weighted by Crippen LogP contribution is 2.28. The predicted octanol–water partition coefficient (Wildman–Crippen LogP) is 2.98. The van der Waals surface area contributed by atoms with E-state index in [2.05, 4.69) is 5.32 Å². The number of rotatable bonds is 7. The largest absolute Gasteiger partial charge is 0.383 e. The number of primary sulfonamides is 1. The maximum absolute atomic E-state index is 12.2. The van der Waals surface area contributed by atoms with Crippen molar-refractivity contribution in [2.24, 2.45) is 5.14 Å². The van der Waals surface area contributed by atoms with E-state index in [0.717, 1.165) is 23.4 Å². The summed E-state index contributed by atoms with van der Waals surface area (Å²) in [6.07, 6.45) is 1.03. The molecule has 0 unspecified atom stereocenters. The first-order valence-corrected chi connectivity index (χ1v) is 12.3. The van der Waals surface area contributed by atoms with E-state index in [1.807, 2.05) is 60.7 Å². The molecule has 0 bridgehead atoms. The zero-order valence-electron chi connectivity index (χ0n) is 15.8. The van der Waals surface area contributed by atoms with Crippen LogP contribution in [0.5, 0.6) is 0 Å². The van der Waals surface area contributed by atoms with E-state index in [4.69, 9.17) is 5.14 Å². The highest BCUT2D eigenvalue weighted by atomic mass is 32.2. The molecule has 0 saturated heterocycles. The first kappa shape index (κ1) is 21.0. The smallest absolute Gasteiger partial charge is 0.238 e. The maximum atomic E-state index is 12.2. The lowest BCUT2D eigenvalue weighted by Crippen LogP contribution is -2.17. The lowest BCUT2D eigenvalue weighted by molar-refractivity contribution is 0.597. The number of sulfonamides is 1. The molecule has 0 radical (unpaired) electrons. The first-order chi connectivity index (χ1) is 13.7. The molecule has 0 aliphatic heterocycles. The van der Waals surface area contributed by atoms with E-state index in [1.165, 1.54) is 12.1 Å². The molecule has 0 fully saturated rings. The average Bonchev–Trinajstić information content (AvgIpc) is 2.68. The molecular formula is C21H22N2O4S2. The first-order valence-electron chi connectivity index (χ1n) is 8.87. The van der Waals surface area contributed by atoms with E-state index < -0.39 is 19.9 Å². The molecule has 0 amide bonds. The van der Waals surface area contributed by atoms with Crippen molar-refractivity contribution in [3.8, 4) is 0 Å². The van der Waals surface area contributed by atoms with Crippen molar-refractivity contribution in [1.82, 2.24) is 0 Å². The van der Waals surface area contributed by atoms with Gasteiger partial charge in [0.2, 0.25) is 10.0 Å². The van der Waals surface area contributed by atoms with E-state index >= 15 is 0 Å². The van der Waals surface area contributed by atoms with E-state index in [-0.39, 0.29) is 15.7 Å². The second-order valence-electron chi connectivity index (χ2n) is 6.73. The molecule has 29 heavy (non-hydrogen) atoms. The maximum Gasteiger partial charge on any atom is 0.238 e. The van der Waals surface area contributed by atoms with Crippen LogP contribution in [0, 0.1) is 0 Å². The number of hydrogen-bond acceptors (Lipinski definition) is 5. The molecule has 0 aliphatic carbocycles. The molecule has 3 aromatic carbocycles. The van der Waals surface area contributed by atoms with Crippen LogP contribution in [0.25, 0.3) is 0 Å². The van der Waals surface area contributed by atoms with Gasteiger partial charge in [0, 0.05) is 18.7 Å². The molecule has 0 atom stereocenters. The number of hydrogen-bond donors (Lipinski definition) is 2. The highest BCUT2D eigenvalue weighted by Gasteiger charge is 2.20. The van der Waals surface area contributed by atoms with Crippen LogP contribution in [0.15, 0.2) is 88.7 Å². The fourth-order valence-electron chi connectivity index (χ4n) is 3.14. The van der Waals surface area contributed by atoms with Crippen molar-refractivity contribution in [2.45, 2.75) is 15.7 Å². The van der Waals surface area contributed by atoms with Crippen LogP contribution in [0.2, 0.25) is 0 Å². The molecule has 8 heteroatoms. The van der Waals surface area contributed by atoms with Crippen molar-refractivity contribution in [3.63, 3.8) is 0 Å². The molecule has 0 heterocycles. The Labute approximate surface area is 171 Å². The summed E-state index contributed by atoms with van der Waals surface area (Å²) >= 11 is 0. The third-order valence-corrected chi connectivity index (χ3v) is 6.63. The topological polar surface area (TPSA) is 106 Å². The minimum atomic E-state index is -4.01. The van der Waals surface area contributed by atoms with Gasteiger partial charge in [-0.3, -0.25) is 0 Å². The lowest BCUT2D eigenvalue weighted by atomic mass is 9.91. The molecular weight excluding hydrogens is 408 g/mol. The van der Waals surface area contributed by atoms with Crippen molar-refractivity contribution in [2.75, 3.05) is 18.1 Å². The Balaban J connectivity index is 1.98. The van der Waals surface area contributed by atoms with Crippen LogP contribution < -0.4 is 10.5 Å². The SMILES string of the molecule is CS(=O)(=O)c1cc(S(N)(=O)=O)ccc1NCC(c1ccccc1)c1ccccc1. The van der Waals surface area contributed by atoms with Crippen LogP contribution in [0.4, 0.5) is 5.69 Å². The summed E-state index contributed by atoms with van der Waals surface area (Å²) in [6, 6.07) is 23.6. The van der Waals surface area contributed by atoms with Crippen LogP contribution >= 0.6 is 0 Å². The van der Waals surface area contributed by atoms with E-state index in [1.54, 1.807) is 0 Å². The standard InChI is InChI=1S/C21H22N2O4S2/c1-28(24,25)21-14-18(29(22,26)27)12-13-20(21)23-15-19(16-8-4-2-5-9-16)17-10-6-3-7-11-17/h2-14,19,23H,15H2,1H3,(H2,22,26,27). The van der Waals surface area contributed by atoms with Crippen LogP contribution in [-0.4, -0.2) is 29.6 Å². The number of anilines is 1. The summed E-state index contributed by atoms with van der Waals surface area (Å²) in [5.74, 6) is -0.0253. The third-order valence-electron chi connectivity index (χ3n) is 4.58. The number of nitrogens with two attached hydrogens (primary N) is 1. The van der Waals surface area contributed by atoms with Gasteiger partial charge in [-0.1, -0.05) is 60.7 Å². The molecule has 0 aliphatic rings. The second-order valence-corrected chi connectivity index (χ2v) is 10.3. The highest BCUT2D eigenvalue weighted by molar-refractivity contribution is 7.91. The Kier molecular flexibility index (Phi) is 6.07. The monoisotopic (exact) mass is 430 g/mol. The molecule has 3 rings (SSSR count). The van der Waals surface area contributed by atoms with Crippen LogP contribution in [-0.2, 0) is 19.9 Å². The number of nitrogens with one attached hydrogen (secondary N) is 1. The molecule has 3 aromatic rings. The molecule has 0 saturated carbocycles. The molecule has 152 valence electrons. The van der Waals surface area contributed by atoms with Gasteiger partial charge in [-0.15, -0.1) is 0 Å². The Morgan fingerprint density at radius 2 is 1.34 bits per heavy atom. The molecule has 0 spiro atoms. The summed E-state index contributed by atoms with van der Waals surface area (Å²) in [4.78, 5) is -0.352. The minimum absolute atomic E-state index is 0.0253. The van der Waals surface area contributed by atoms with Crippen LogP contribution in [0.1, 0.15) is 17.0 Å². The summed E-state index contributed by atoms with van der Waals surface area (Å²) in [5.41, 5.74) is 2.48. The molecule has 3 N–H and O–H groups in total. The predicted molar refractivity (Wildman–Crippen MR) is 114 cm³/mol. The van der Waals surface area contributed by atoms with Gasteiger partial charge < -0.3 is 5.32 Å². The van der Waals surface area contributed by atoms with Crippen molar-refractivity contribution >= 4 is 25.5 Å². The fraction of sp³-hybridized carbons (Fsp3) is 0.143. The van der Waals surface area contributed by atoms with Crippen LogP contribution in [0.3, 0.4) is 0 Å². The van der Waals surface area contributed by atoms with Gasteiger partial charge in [-0.2, -0.15) is 0 Å². The van der Waals surface area contributed by atoms with Gasteiger partial charge in [0.05, 0.1) is 15.5 Å². The van der Waals surface area contributed by atoms with E-state index in [9.17, 15) is 16.8 Å². The zero-order chi connectivity index (χ0) is 21.1. The fourth-order valence-corrected chi connectivity index (χ4v) is 4.64. The molecule has 6 nitrogen and oxygen atoms in total. The van der Waals surface area contributed by atoms with E-state index in [0.29, 0.717) is 12.2 Å². The van der Waals surface area contributed by atoms with Gasteiger partial charge in [-0.05, 0) is 29.3 Å². The second kappa shape index (κ2) is 8.36. The molecule has 0 aromatic heterocycles. The average molecular weight is 431 g/mol. The Bertz CT molecular complexity index is 1150. The quantitative estimate of drug-likeness (QED) is 0.599. The van der Waals surface area contributed by atoms with Gasteiger partial charge in [0.15, 0.2) is 9.84 Å².